The summed E-state index contributed by atoms with van der Waals surface area (Å²) in [6.45, 7) is 1.19. The molecule has 3 rings (SSSR count). The van der Waals surface area contributed by atoms with Gasteiger partial charge in [-0.25, -0.2) is 14.5 Å². The zero-order valence-electron chi connectivity index (χ0n) is 13.8. The average molecular weight is 345 g/mol. The van der Waals surface area contributed by atoms with Crippen molar-refractivity contribution in [3.63, 3.8) is 0 Å². The Morgan fingerprint density at radius 2 is 2.21 bits per heavy atom. The molecule has 0 saturated heterocycles. The lowest BCUT2D eigenvalue weighted by Gasteiger charge is -2.07. The maximum Gasteiger partial charge on any atom is 0.319 e. The lowest BCUT2D eigenvalue weighted by atomic mass is 10.3. The molecule has 0 aliphatic rings. The van der Waals surface area contributed by atoms with E-state index in [9.17, 15) is 4.79 Å². The van der Waals surface area contributed by atoms with Crippen LogP contribution in [0.15, 0.2) is 23.6 Å². The van der Waals surface area contributed by atoms with Crippen LogP contribution in [0.25, 0.3) is 11.0 Å². The smallest absolute Gasteiger partial charge is 0.319 e. The van der Waals surface area contributed by atoms with Crippen LogP contribution in [0.2, 0.25) is 0 Å². The van der Waals surface area contributed by atoms with Gasteiger partial charge in [-0.15, -0.1) is 16.4 Å². The van der Waals surface area contributed by atoms with Gasteiger partial charge in [0, 0.05) is 24.7 Å². The lowest BCUT2D eigenvalue weighted by molar-refractivity contribution is 0.251. The molecule has 3 aromatic rings. The molecule has 0 bridgehead atoms. The number of anilines is 1. The third kappa shape index (κ3) is 3.87. The Bertz CT molecular complexity index is 855. The van der Waals surface area contributed by atoms with Crippen LogP contribution in [0.4, 0.5) is 10.5 Å². The van der Waals surface area contributed by atoms with Crippen molar-refractivity contribution in [1.29, 1.82) is 0 Å². The largest absolute Gasteiger partial charge is 0.331 e. The van der Waals surface area contributed by atoms with Gasteiger partial charge < -0.3 is 15.5 Å². The number of hydrogen-bond donors (Lipinski definition) is 2. The first-order valence-electron chi connectivity index (χ1n) is 7.43. The Kier molecular flexibility index (Phi) is 4.72. The van der Waals surface area contributed by atoms with Gasteiger partial charge in [-0.3, -0.25) is 0 Å². The summed E-state index contributed by atoms with van der Waals surface area (Å²) >= 11 is 1.54. The molecule has 0 aliphatic carbocycles. The number of carbonyl (C=O) groups excluding carboxylic acids is 1. The predicted molar refractivity (Wildman–Crippen MR) is 93.9 cm³/mol. The first-order chi connectivity index (χ1) is 11.5. The highest BCUT2D eigenvalue weighted by atomic mass is 32.1. The van der Waals surface area contributed by atoms with Gasteiger partial charge in [-0.05, 0) is 32.3 Å². The van der Waals surface area contributed by atoms with Gasteiger partial charge in [-0.1, -0.05) is 5.21 Å². The van der Waals surface area contributed by atoms with E-state index in [1.165, 1.54) is 0 Å². The fourth-order valence-electron chi connectivity index (χ4n) is 2.28. The predicted octanol–water partition coefficient (Wildman–Crippen LogP) is 1.81. The van der Waals surface area contributed by atoms with E-state index in [4.69, 9.17) is 0 Å². The van der Waals surface area contributed by atoms with Gasteiger partial charge in [0.1, 0.15) is 10.5 Å². The topological polar surface area (TPSA) is 88.0 Å². The van der Waals surface area contributed by atoms with Crippen LogP contribution in [-0.4, -0.2) is 45.0 Å². The number of urea groups is 1. The third-order valence-corrected chi connectivity index (χ3v) is 4.24. The molecular formula is C15H19N7OS. The van der Waals surface area contributed by atoms with Crippen LogP contribution in [0.5, 0.6) is 0 Å². The Hall–Kier alpha value is -2.52. The van der Waals surface area contributed by atoms with E-state index in [2.05, 4.69) is 30.8 Å². The second-order valence-corrected chi connectivity index (χ2v) is 6.64. The van der Waals surface area contributed by atoms with Crippen molar-refractivity contribution in [2.75, 3.05) is 19.4 Å². The van der Waals surface area contributed by atoms with Crippen LogP contribution in [0, 0.1) is 0 Å². The van der Waals surface area contributed by atoms with Crippen LogP contribution in [0.3, 0.4) is 0 Å². The van der Waals surface area contributed by atoms with Gasteiger partial charge in [-0.2, -0.15) is 0 Å². The molecule has 126 valence electrons. The van der Waals surface area contributed by atoms with Crippen molar-refractivity contribution < 1.29 is 4.79 Å². The molecule has 2 N–H and O–H groups in total. The van der Waals surface area contributed by atoms with Crippen LogP contribution >= 0.6 is 11.3 Å². The van der Waals surface area contributed by atoms with Crippen molar-refractivity contribution >= 4 is 34.1 Å². The number of rotatable bonds is 5. The standard InChI is InChI=1S/C15H19N7OS/c1-21(2)8-11-9-24-14(17-11)7-16-15(23)18-10-4-5-13-12(6-10)19-20-22(13)3/h4-6,9H,7-8H2,1-3H3,(H2,16,18,23). The molecule has 8 nitrogen and oxygen atoms in total. The molecule has 0 aliphatic heterocycles. The summed E-state index contributed by atoms with van der Waals surface area (Å²) in [6.07, 6.45) is 0. The van der Waals surface area contributed by atoms with E-state index in [-0.39, 0.29) is 6.03 Å². The van der Waals surface area contributed by atoms with Crippen molar-refractivity contribution in [2.24, 2.45) is 7.05 Å². The normalized spacial score (nSPS) is 11.2. The number of fused-ring (bicyclic) bond motifs is 1. The molecule has 9 heteroatoms. The minimum absolute atomic E-state index is 0.275. The second-order valence-electron chi connectivity index (χ2n) is 5.69. The summed E-state index contributed by atoms with van der Waals surface area (Å²) in [7, 11) is 5.82. The fraction of sp³-hybridized carbons (Fsp3) is 0.333. The van der Waals surface area contributed by atoms with Gasteiger partial charge in [0.25, 0.3) is 0 Å². The van der Waals surface area contributed by atoms with Crippen LogP contribution in [-0.2, 0) is 20.1 Å². The van der Waals surface area contributed by atoms with Crippen molar-refractivity contribution in [3.8, 4) is 0 Å². The lowest BCUT2D eigenvalue weighted by Crippen LogP contribution is -2.28. The number of thiazole rings is 1. The summed E-state index contributed by atoms with van der Waals surface area (Å²) in [5.41, 5.74) is 3.34. The molecule has 0 spiro atoms. The molecular weight excluding hydrogens is 326 g/mol. The summed E-state index contributed by atoms with van der Waals surface area (Å²) in [4.78, 5) is 18.6. The minimum Gasteiger partial charge on any atom is -0.331 e. The number of hydrogen-bond acceptors (Lipinski definition) is 6. The van der Waals surface area contributed by atoms with Crippen molar-refractivity contribution in [2.45, 2.75) is 13.1 Å². The van der Waals surface area contributed by atoms with Crippen molar-refractivity contribution in [1.82, 2.24) is 30.2 Å². The Balaban J connectivity index is 1.55. The first-order valence-corrected chi connectivity index (χ1v) is 8.31. The van der Waals surface area contributed by atoms with E-state index in [0.717, 1.165) is 28.3 Å². The first kappa shape index (κ1) is 16.3. The molecule has 1 aromatic carbocycles. The Morgan fingerprint density at radius 3 is 3.00 bits per heavy atom. The molecule has 0 fully saturated rings. The number of aryl methyl sites for hydroxylation is 1. The van der Waals surface area contributed by atoms with Crippen LogP contribution < -0.4 is 10.6 Å². The monoisotopic (exact) mass is 345 g/mol. The summed E-state index contributed by atoms with van der Waals surface area (Å²) in [5.74, 6) is 0. The maximum absolute atomic E-state index is 12.0. The van der Waals surface area contributed by atoms with Crippen LogP contribution in [0.1, 0.15) is 10.7 Å². The molecule has 2 aromatic heterocycles. The molecule has 0 radical (unpaired) electrons. The number of aromatic nitrogens is 4. The SMILES string of the molecule is CN(C)Cc1csc(CNC(=O)Nc2ccc3c(c2)nnn3C)n1. The highest BCUT2D eigenvalue weighted by molar-refractivity contribution is 7.09. The second kappa shape index (κ2) is 6.93. The quantitative estimate of drug-likeness (QED) is 0.736. The molecule has 0 unspecified atom stereocenters. The minimum atomic E-state index is -0.275. The molecule has 2 amide bonds. The Morgan fingerprint density at radius 1 is 1.38 bits per heavy atom. The van der Waals surface area contributed by atoms with Gasteiger partial charge in [0.05, 0.1) is 17.8 Å². The molecule has 2 heterocycles. The zero-order valence-corrected chi connectivity index (χ0v) is 14.6. The maximum atomic E-state index is 12.0. The highest BCUT2D eigenvalue weighted by Gasteiger charge is 2.07. The van der Waals surface area contributed by atoms with Gasteiger partial charge >= 0.3 is 6.03 Å². The summed E-state index contributed by atoms with van der Waals surface area (Å²) in [5, 5.41) is 16.5. The summed E-state index contributed by atoms with van der Waals surface area (Å²) in [6, 6.07) is 5.21. The zero-order chi connectivity index (χ0) is 17.1. The molecule has 24 heavy (non-hydrogen) atoms. The number of nitrogens with one attached hydrogen (secondary N) is 2. The summed E-state index contributed by atoms with van der Waals surface area (Å²) < 4.78 is 1.69. The van der Waals surface area contributed by atoms with Gasteiger partial charge in [0.2, 0.25) is 0 Å². The number of benzene rings is 1. The van der Waals surface area contributed by atoms with Gasteiger partial charge in [0.15, 0.2) is 0 Å². The Labute approximate surface area is 143 Å². The number of carbonyl (C=O) groups is 1. The molecule has 0 saturated carbocycles. The van der Waals surface area contributed by atoms with E-state index in [1.54, 1.807) is 22.1 Å². The van der Waals surface area contributed by atoms with E-state index >= 15 is 0 Å². The van der Waals surface area contributed by atoms with E-state index in [0.29, 0.717) is 12.2 Å². The number of amides is 2. The third-order valence-electron chi connectivity index (χ3n) is 3.35. The van der Waals surface area contributed by atoms with E-state index in [1.807, 2.05) is 38.7 Å². The number of nitrogens with zero attached hydrogens (tertiary/aromatic N) is 5. The highest BCUT2D eigenvalue weighted by Crippen LogP contribution is 2.16. The average Bonchev–Trinajstić information content (AvgIpc) is 3.12. The van der Waals surface area contributed by atoms with Crippen molar-refractivity contribution in [3.05, 3.63) is 34.3 Å². The fourth-order valence-corrected chi connectivity index (χ4v) is 3.00. The van der Waals surface area contributed by atoms with E-state index < -0.39 is 0 Å². The molecule has 0 atom stereocenters.